The number of esters is 1. The zero-order valence-electron chi connectivity index (χ0n) is 13.5. The lowest BCUT2D eigenvalue weighted by Gasteiger charge is -2.11. The van der Waals surface area contributed by atoms with Gasteiger partial charge in [0.25, 0.3) is 0 Å². The number of rotatable bonds is 9. The minimum Gasteiger partial charge on any atom is -0.462 e. The van der Waals surface area contributed by atoms with Crippen LogP contribution in [0.15, 0.2) is 24.3 Å². The molecule has 0 radical (unpaired) electrons. The lowest BCUT2D eigenvalue weighted by Crippen LogP contribution is -2.30. The van der Waals surface area contributed by atoms with Crippen LogP contribution >= 0.6 is 0 Å². The van der Waals surface area contributed by atoms with Crippen molar-refractivity contribution in [1.82, 2.24) is 10.2 Å². The van der Waals surface area contributed by atoms with E-state index in [2.05, 4.69) is 15.5 Å². The van der Waals surface area contributed by atoms with Crippen molar-refractivity contribution in [3.63, 3.8) is 0 Å². The van der Waals surface area contributed by atoms with Crippen molar-refractivity contribution in [2.24, 2.45) is 0 Å². The van der Waals surface area contributed by atoms with Gasteiger partial charge >= 0.3 is 5.97 Å². The fourth-order valence-electron chi connectivity index (χ4n) is 1.90. The van der Waals surface area contributed by atoms with Gasteiger partial charge in [-0.2, -0.15) is 0 Å². The fraction of sp³-hybridized carbons (Fsp3) is 0.500. The van der Waals surface area contributed by atoms with Gasteiger partial charge in [0.15, 0.2) is 0 Å². The summed E-state index contributed by atoms with van der Waals surface area (Å²) in [4.78, 5) is 25.8. The third kappa shape index (κ3) is 6.69. The quantitative estimate of drug-likeness (QED) is 0.532. The number of carbonyl (C=O) groups is 2. The van der Waals surface area contributed by atoms with Crippen LogP contribution in [0.3, 0.4) is 0 Å². The molecule has 1 aromatic rings. The van der Waals surface area contributed by atoms with Crippen LogP contribution in [0.4, 0.5) is 5.69 Å². The van der Waals surface area contributed by atoms with Crippen molar-refractivity contribution in [3.05, 3.63) is 29.8 Å². The predicted octanol–water partition coefficient (Wildman–Crippen LogP) is 1.34. The second kappa shape index (κ2) is 9.92. The summed E-state index contributed by atoms with van der Waals surface area (Å²) in [5.41, 5.74) is 0.839. The highest BCUT2D eigenvalue weighted by Gasteiger charge is 2.13. The first kappa shape index (κ1) is 18.1. The van der Waals surface area contributed by atoms with Gasteiger partial charge in [-0.3, -0.25) is 4.79 Å². The molecule has 6 nitrogen and oxygen atoms in total. The van der Waals surface area contributed by atoms with Crippen LogP contribution in [-0.4, -0.2) is 57.1 Å². The van der Waals surface area contributed by atoms with Crippen molar-refractivity contribution in [3.8, 4) is 0 Å². The first-order chi connectivity index (χ1) is 10.5. The third-order valence-corrected chi connectivity index (χ3v) is 2.94. The van der Waals surface area contributed by atoms with Gasteiger partial charge in [-0.15, -0.1) is 0 Å². The third-order valence-electron chi connectivity index (χ3n) is 2.94. The first-order valence-corrected chi connectivity index (χ1v) is 7.46. The molecule has 0 spiro atoms. The van der Waals surface area contributed by atoms with E-state index in [-0.39, 0.29) is 12.5 Å². The summed E-state index contributed by atoms with van der Waals surface area (Å²) in [6.45, 7) is 4.00. The van der Waals surface area contributed by atoms with Crippen molar-refractivity contribution >= 4 is 17.6 Å². The largest absolute Gasteiger partial charge is 0.462 e. The smallest absolute Gasteiger partial charge is 0.340 e. The van der Waals surface area contributed by atoms with E-state index < -0.39 is 5.97 Å². The Bertz CT molecular complexity index is 489. The van der Waals surface area contributed by atoms with Crippen LogP contribution in [0, 0.1) is 0 Å². The van der Waals surface area contributed by atoms with Crippen LogP contribution in [-0.2, 0) is 9.53 Å². The molecule has 2 N–H and O–H groups in total. The molecular weight excluding hydrogens is 282 g/mol. The van der Waals surface area contributed by atoms with Crippen molar-refractivity contribution < 1.29 is 14.3 Å². The summed E-state index contributed by atoms with van der Waals surface area (Å²) >= 11 is 0. The summed E-state index contributed by atoms with van der Waals surface area (Å²) in [6, 6.07) is 6.83. The summed E-state index contributed by atoms with van der Waals surface area (Å²) in [6.07, 6.45) is 0.972. The summed E-state index contributed by atoms with van der Waals surface area (Å²) < 4.78 is 4.98. The Labute approximate surface area is 131 Å². The zero-order chi connectivity index (χ0) is 16.4. The van der Waals surface area contributed by atoms with E-state index in [9.17, 15) is 9.59 Å². The summed E-state index contributed by atoms with van der Waals surface area (Å²) in [5.74, 6) is -0.612. The molecule has 122 valence electrons. The van der Waals surface area contributed by atoms with Gasteiger partial charge in [-0.05, 0) is 52.7 Å². The molecule has 0 aliphatic rings. The molecule has 0 atom stereocenters. The Morgan fingerprint density at radius 1 is 1.23 bits per heavy atom. The number of para-hydroxylation sites is 1. The number of hydrogen-bond acceptors (Lipinski definition) is 5. The van der Waals surface area contributed by atoms with Crippen LogP contribution in [0.1, 0.15) is 23.7 Å². The highest BCUT2D eigenvalue weighted by atomic mass is 16.5. The standard InChI is InChI=1S/C16H25N3O3/c1-4-22-16(21)13-8-5-6-9-14(13)18-15(20)12-17-10-7-11-19(2)3/h5-6,8-9,17H,4,7,10-12H2,1-3H3,(H,18,20). The van der Waals surface area contributed by atoms with Crippen LogP contribution in [0.2, 0.25) is 0 Å². The van der Waals surface area contributed by atoms with Crippen molar-refractivity contribution in [2.75, 3.05) is 45.7 Å². The molecule has 1 rings (SSSR count). The van der Waals surface area contributed by atoms with Crippen LogP contribution < -0.4 is 10.6 Å². The van der Waals surface area contributed by atoms with Gasteiger partial charge < -0.3 is 20.3 Å². The van der Waals surface area contributed by atoms with Gasteiger partial charge in [-0.1, -0.05) is 12.1 Å². The Morgan fingerprint density at radius 3 is 2.64 bits per heavy atom. The molecule has 0 saturated carbocycles. The Hall–Kier alpha value is -1.92. The van der Waals surface area contributed by atoms with Gasteiger partial charge in [0.1, 0.15) is 0 Å². The maximum Gasteiger partial charge on any atom is 0.340 e. The fourth-order valence-corrected chi connectivity index (χ4v) is 1.90. The predicted molar refractivity (Wildman–Crippen MR) is 87.1 cm³/mol. The summed E-state index contributed by atoms with van der Waals surface area (Å²) in [5, 5.41) is 5.82. The molecule has 0 aromatic heterocycles. The molecule has 0 unspecified atom stereocenters. The second-order valence-electron chi connectivity index (χ2n) is 5.15. The zero-order valence-corrected chi connectivity index (χ0v) is 13.5. The second-order valence-corrected chi connectivity index (χ2v) is 5.15. The maximum atomic E-state index is 11.9. The van der Waals surface area contributed by atoms with E-state index in [1.54, 1.807) is 31.2 Å². The van der Waals surface area contributed by atoms with E-state index in [1.165, 1.54) is 0 Å². The lowest BCUT2D eigenvalue weighted by molar-refractivity contribution is -0.115. The average molecular weight is 307 g/mol. The molecule has 0 aliphatic carbocycles. The number of ether oxygens (including phenoxy) is 1. The van der Waals surface area contributed by atoms with Gasteiger partial charge in [0, 0.05) is 0 Å². The maximum absolute atomic E-state index is 11.9. The molecule has 1 aromatic carbocycles. The number of anilines is 1. The SMILES string of the molecule is CCOC(=O)c1ccccc1NC(=O)CNCCCN(C)C. The molecular formula is C16H25N3O3. The Balaban J connectivity index is 2.46. The molecule has 22 heavy (non-hydrogen) atoms. The van der Waals surface area contributed by atoms with Crippen molar-refractivity contribution in [2.45, 2.75) is 13.3 Å². The molecule has 1 amide bonds. The number of nitrogens with one attached hydrogen (secondary N) is 2. The summed E-state index contributed by atoms with van der Waals surface area (Å²) in [7, 11) is 4.03. The van der Waals surface area contributed by atoms with E-state index >= 15 is 0 Å². The molecule has 0 aliphatic heterocycles. The minimum atomic E-state index is -0.433. The van der Waals surface area contributed by atoms with E-state index in [0.717, 1.165) is 19.5 Å². The van der Waals surface area contributed by atoms with E-state index in [1.807, 2.05) is 14.1 Å². The Kier molecular flexibility index (Phi) is 8.17. The van der Waals surface area contributed by atoms with Gasteiger partial charge in [-0.25, -0.2) is 4.79 Å². The Morgan fingerprint density at radius 2 is 1.95 bits per heavy atom. The number of nitrogens with zero attached hydrogens (tertiary/aromatic N) is 1. The molecule has 0 fully saturated rings. The van der Waals surface area contributed by atoms with E-state index in [4.69, 9.17) is 4.74 Å². The monoisotopic (exact) mass is 307 g/mol. The normalized spacial score (nSPS) is 10.5. The van der Waals surface area contributed by atoms with Crippen LogP contribution in [0.5, 0.6) is 0 Å². The van der Waals surface area contributed by atoms with E-state index in [0.29, 0.717) is 17.9 Å². The van der Waals surface area contributed by atoms with Crippen molar-refractivity contribution in [1.29, 1.82) is 0 Å². The minimum absolute atomic E-state index is 0.179. The molecule has 0 heterocycles. The van der Waals surface area contributed by atoms with Crippen LogP contribution in [0.25, 0.3) is 0 Å². The number of benzene rings is 1. The van der Waals surface area contributed by atoms with Gasteiger partial charge in [0.05, 0.1) is 24.4 Å². The number of amides is 1. The average Bonchev–Trinajstić information content (AvgIpc) is 2.47. The molecule has 6 heteroatoms. The number of hydrogen-bond donors (Lipinski definition) is 2. The highest BCUT2D eigenvalue weighted by molar-refractivity contribution is 6.01. The molecule has 0 bridgehead atoms. The number of carbonyl (C=O) groups excluding carboxylic acids is 2. The topological polar surface area (TPSA) is 70.7 Å². The lowest BCUT2D eigenvalue weighted by atomic mass is 10.2. The van der Waals surface area contributed by atoms with Gasteiger partial charge in [0.2, 0.25) is 5.91 Å². The molecule has 0 saturated heterocycles. The highest BCUT2D eigenvalue weighted by Crippen LogP contribution is 2.15. The first-order valence-electron chi connectivity index (χ1n) is 7.46.